The third-order valence-electron chi connectivity index (χ3n) is 2.15. The molecule has 0 amide bonds. The molecule has 0 aromatic carbocycles. The smallest absolute Gasteiger partial charge is 0.162 e. The van der Waals surface area contributed by atoms with Crippen LogP contribution in [0.15, 0.2) is 0 Å². The summed E-state index contributed by atoms with van der Waals surface area (Å²) in [5.74, 6) is 0. The zero-order chi connectivity index (χ0) is 8.97. The summed E-state index contributed by atoms with van der Waals surface area (Å²) in [5.41, 5.74) is 0. The van der Waals surface area contributed by atoms with Crippen LogP contribution in [0.5, 0.6) is 0 Å². The number of hydrogen-bond donors (Lipinski definition) is 2. The van der Waals surface area contributed by atoms with Crippen LogP contribution in [0.3, 0.4) is 0 Å². The Balaban J connectivity index is 2.34. The average Bonchev–Trinajstić information content (AvgIpc) is 2.04. The molecule has 0 aromatic rings. The minimum Gasteiger partial charge on any atom is -0.371 e. The first kappa shape index (κ1) is 9.92. The van der Waals surface area contributed by atoms with E-state index >= 15 is 0 Å². The van der Waals surface area contributed by atoms with Crippen molar-refractivity contribution in [1.29, 1.82) is 0 Å². The monoisotopic (exact) mass is 175 g/mol. The van der Waals surface area contributed by atoms with Gasteiger partial charge in [0.2, 0.25) is 0 Å². The topological polar surface area (TPSA) is 50.7 Å². The lowest BCUT2D eigenvalue weighted by atomic mass is 10.0. The second-order valence-electron chi connectivity index (χ2n) is 3.13. The van der Waals surface area contributed by atoms with Crippen LogP contribution < -0.4 is 5.32 Å². The highest BCUT2D eigenvalue weighted by Crippen LogP contribution is 2.19. The maximum atomic E-state index is 8.54. The normalized spacial score (nSPS) is 36.8. The van der Waals surface area contributed by atoms with Crippen molar-refractivity contribution in [3.63, 3.8) is 0 Å². The van der Waals surface area contributed by atoms with Gasteiger partial charge in [0, 0.05) is 12.5 Å². The number of ether oxygens (including phenoxy) is 2. The highest BCUT2D eigenvalue weighted by atomic mass is 16.7. The van der Waals surface area contributed by atoms with Gasteiger partial charge in [-0.1, -0.05) is 0 Å². The Bertz CT molecular complexity index is 131. The predicted molar refractivity (Wildman–Crippen MR) is 44.6 cm³/mol. The van der Waals surface area contributed by atoms with Gasteiger partial charge in [0.25, 0.3) is 0 Å². The molecule has 3 atom stereocenters. The zero-order valence-electron chi connectivity index (χ0n) is 7.62. The molecular weight excluding hydrogens is 158 g/mol. The maximum absolute atomic E-state index is 8.54. The van der Waals surface area contributed by atoms with Crippen LogP contribution >= 0.6 is 0 Å². The van der Waals surface area contributed by atoms with Crippen LogP contribution in [0.4, 0.5) is 0 Å². The first-order chi connectivity index (χ1) is 5.76. The molecule has 72 valence electrons. The summed E-state index contributed by atoms with van der Waals surface area (Å²) >= 11 is 0. The minimum absolute atomic E-state index is 0.202. The van der Waals surface area contributed by atoms with E-state index in [2.05, 4.69) is 5.32 Å². The lowest BCUT2D eigenvalue weighted by molar-refractivity contribution is -0.221. The summed E-state index contributed by atoms with van der Waals surface area (Å²) in [7, 11) is 1.93. The second-order valence-corrected chi connectivity index (χ2v) is 3.13. The van der Waals surface area contributed by atoms with Gasteiger partial charge in [0.15, 0.2) is 6.29 Å². The van der Waals surface area contributed by atoms with E-state index in [9.17, 15) is 0 Å². The van der Waals surface area contributed by atoms with Crippen molar-refractivity contribution in [3.8, 4) is 0 Å². The molecule has 0 unspecified atom stereocenters. The molecule has 12 heavy (non-hydrogen) atoms. The van der Waals surface area contributed by atoms with E-state index in [4.69, 9.17) is 14.6 Å². The number of nitrogens with one attached hydrogen (secondary N) is 1. The van der Waals surface area contributed by atoms with E-state index in [0.29, 0.717) is 6.04 Å². The molecule has 1 aliphatic heterocycles. The Morgan fingerprint density at radius 2 is 2.33 bits per heavy atom. The van der Waals surface area contributed by atoms with Gasteiger partial charge in [-0.2, -0.15) is 0 Å². The summed E-state index contributed by atoms with van der Waals surface area (Å²) in [6.45, 7) is 1.74. The van der Waals surface area contributed by atoms with Gasteiger partial charge in [0.05, 0.1) is 6.10 Å². The number of rotatable bonds is 3. The van der Waals surface area contributed by atoms with E-state index in [1.807, 2.05) is 14.0 Å². The fourth-order valence-corrected chi connectivity index (χ4v) is 1.53. The molecule has 1 heterocycles. The largest absolute Gasteiger partial charge is 0.371 e. The molecule has 0 radical (unpaired) electrons. The second kappa shape index (κ2) is 4.77. The van der Waals surface area contributed by atoms with Crippen molar-refractivity contribution in [2.24, 2.45) is 0 Å². The lowest BCUT2D eigenvalue weighted by Crippen LogP contribution is -2.41. The van der Waals surface area contributed by atoms with Crippen molar-refractivity contribution in [3.05, 3.63) is 0 Å². The van der Waals surface area contributed by atoms with E-state index in [-0.39, 0.29) is 19.2 Å². The van der Waals surface area contributed by atoms with Gasteiger partial charge in [-0.15, -0.1) is 0 Å². The molecule has 4 heteroatoms. The van der Waals surface area contributed by atoms with Gasteiger partial charge in [0.1, 0.15) is 6.79 Å². The van der Waals surface area contributed by atoms with E-state index in [1.165, 1.54) is 0 Å². The van der Waals surface area contributed by atoms with Crippen molar-refractivity contribution >= 4 is 0 Å². The van der Waals surface area contributed by atoms with E-state index in [0.717, 1.165) is 12.8 Å². The molecule has 0 aliphatic carbocycles. The van der Waals surface area contributed by atoms with Crippen molar-refractivity contribution in [2.45, 2.75) is 38.2 Å². The average molecular weight is 175 g/mol. The molecule has 1 aliphatic rings. The molecule has 0 saturated carbocycles. The minimum atomic E-state index is -0.270. The first-order valence-electron chi connectivity index (χ1n) is 4.31. The summed E-state index contributed by atoms with van der Waals surface area (Å²) in [6, 6.07) is 0.435. The predicted octanol–water partition coefficient (Wildman–Crippen LogP) is 0.0658. The highest BCUT2D eigenvalue weighted by Gasteiger charge is 2.26. The molecule has 2 N–H and O–H groups in total. The molecule has 0 aromatic heterocycles. The van der Waals surface area contributed by atoms with Gasteiger partial charge in [-0.05, 0) is 20.4 Å². The van der Waals surface area contributed by atoms with Crippen molar-refractivity contribution in [2.75, 3.05) is 13.8 Å². The van der Waals surface area contributed by atoms with Crippen LogP contribution in [-0.2, 0) is 9.47 Å². The molecule has 0 spiro atoms. The van der Waals surface area contributed by atoms with Crippen LogP contribution in [-0.4, -0.2) is 37.4 Å². The highest BCUT2D eigenvalue weighted by molar-refractivity contribution is 4.75. The Labute approximate surface area is 72.9 Å². The molecule has 1 saturated heterocycles. The Kier molecular flexibility index (Phi) is 3.94. The third kappa shape index (κ3) is 2.71. The van der Waals surface area contributed by atoms with Gasteiger partial charge >= 0.3 is 0 Å². The molecular formula is C8H17NO3. The van der Waals surface area contributed by atoms with Gasteiger partial charge in [-0.25, -0.2) is 0 Å². The molecule has 0 bridgehead atoms. The summed E-state index contributed by atoms with van der Waals surface area (Å²) in [5, 5.41) is 11.7. The van der Waals surface area contributed by atoms with Gasteiger partial charge < -0.3 is 19.9 Å². The molecule has 1 fully saturated rings. The van der Waals surface area contributed by atoms with Crippen LogP contribution in [0, 0.1) is 0 Å². The number of aliphatic hydroxyl groups is 1. The Hall–Kier alpha value is -0.160. The lowest BCUT2D eigenvalue weighted by Gasteiger charge is -2.32. The van der Waals surface area contributed by atoms with E-state index < -0.39 is 0 Å². The summed E-state index contributed by atoms with van der Waals surface area (Å²) < 4.78 is 10.4. The molecule has 4 nitrogen and oxygen atoms in total. The summed E-state index contributed by atoms with van der Waals surface area (Å²) in [4.78, 5) is 0. The maximum Gasteiger partial charge on any atom is 0.162 e. The van der Waals surface area contributed by atoms with Gasteiger partial charge in [-0.3, -0.25) is 0 Å². The fourth-order valence-electron chi connectivity index (χ4n) is 1.53. The fraction of sp³-hybridized carbons (Fsp3) is 1.00. The van der Waals surface area contributed by atoms with Crippen molar-refractivity contribution in [1.82, 2.24) is 5.32 Å². The standard InChI is InChI=1S/C8H17NO3/c1-6-3-7(9-2)4-8(12-6)11-5-10/h6-10H,3-5H2,1-2H3/t6-,7+,8-/m1/s1. The SMILES string of the molecule is CN[C@@H]1C[C@H](OCO)O[C@H](C)C1. The van der Waals surface area contributed by atoms with E-state index in [1.54, 1.807) is 0 Å². The van der Waals surface area contributed by atoms with Crippen LogP contribution in [0.2, 0.25) is 0 Å². The molecule has 1 rings (SSSR count). The quantitative estimate of drug-likeness (QED) is 0.596. The zero-order valence-corrected chi connectivity index (χ0v) is 7.62. The third-order valence-corrected chi connectivity index (χ3v) is 2.15. The van der Waals surface area contributed by atoms with Crippen molar-refractivity contribution < 1.29 is 14.6 Å². The van der Waals surface area contributed by atoms with Crippen LogP contribution in [0.25, 0.3) is 0 Å². The Morgan fingerprint density at radius 3 is 2.92 bits per heavy atom. The summed E-state index contributed by atoms with van der Waals surface area (Å²) in [6.07, 6.45) is 1.76. The van der Waals surface area contributed by atoms with Crippen LogP contribution in [0.1, 0.15) is 19.8 Å². The Morgan fingerprint density at radius 1 is 1.58 bits per heavy atom. The first-order valence-corrected chi connectivity index (χ1v) is 4.31. The number of hydrogen-bond acceptors (Lipinski definition) is 4. The number of aliphatic hydroxyl groups excluding tert-OH is 1.